The van der Waals surface area contributed by atoms with Crippen molar-refractivity contribution in [2.45, 2.75) is 17.9 Å². The van der Waals surface area contributed by atoms with Crippen LogP contribution in [-0.4, -0.2) is 16.4 Å². The Morgan fingerprint density at radius 2 is 1.67 bits per heavy atom. The van der Waals surface area contributed by atoms with Crippen molar-refractivity contribution >= 4 is 28.3 Å². The highest BCUT2D eigenvalue weighted by Crippen LogP contribution is 2.17. The van der Waals surface area contributed by atoms with Crippen LogP contribution in [0.25, 0.3) is 0 Å². The zero-order chi connectivity index (χ0) is 15.4. The fraction of sp³-hybridized carbons (Fsp3) is 0.188. The van der Waals surface area contributed by atoms with E-state index in [4.69, 9.17) is 11.6 Å². The van der Waals surface area contributed by atoms with Gasteiger partial charge in [0, 0.05) is 32.5 Å². The van der Waals surface area contributed by atoms with Crippen LogP contribution in [0.4, 0.5) is 0 Å². The van der Waals surface area contributed by atoms with Crippen LogP contribution in [0.3, 0.4) is 0 Å². The first-order valence-electron chi connectivity index (χ1n) is 6.47. The van der Waals surface area contributed by atoms with Gasteiger partial charge < -0.3 is 5.32 Å². The molecule has 0 aromatic heterocycles. The van der Waals surface area contributed by atoms with Crippen molar-refractivity contribution in [3.8, 4) is 0 Å². The Balaban J connectivity index is 2.06. The van der Waals surface area contributed by atoms with Crippen LogP contribution < -0.4 is 5.32 Å². The molecule has 2 aromatic carbocycles. The zero-order valence-electron chi connectivity index (χ0n) is 11.8. The molecule has 2 atom stereocenters. The lowest BCUT2D eigenvalue weighted by Gasteiger charge is -2.14. The quantitative estimate of drug-likeness (QED) is 0.935. The van der Waals surface area contributed by atoms with Crippen LogP contribution in [0.5, 0.6) is 0 Å². The van der Waals surface area contributed by atoms with Crippen LogP contribution >= 0.6 is 11.6 Å². The van der Waals surface area contributed by atoms with Crippen molar-refractivity contribution in [3.63, 3.8) is 0 Å². The maximum Gasteiger partial charge on any atom is 0.251 e. The van der Waals surface area contributed by atoms with Gasteiger partial charge in [-0.15, -0.1) is 0 Å². The fourth-order valence-electron chi connectivity index (χ4n) is 1.91. The zero-order valence-corrected chi connectivity index (χ0v) is 13.4. The molecular formula is C16H16ClNO2S. The van der Waals surface area contributed by atoms with E-state index in [-0.39, 0.29) is 11.9 Å². The predicted molar refractivity (Wildman–Crippen MR) is 86.1 cm³/mol. The van der Waals surface area contributed by atoms with Crippen LogP contribution in [0.2, 0.25) is 5.02 Å². The van der Waals surface area contributed by atoms with E-state index in [0.717, 1.165) is 5.56 Å². The average Bonchev–Trinajstić information content (AvgIpc) is 2.47. The average molecular weight is 322 g/mol. The van der Waals surface area contributed by atoms with Crippen molar-refractivity contribution in [2.75, 3.05) is 6.26 Å². The lowest BCUT2D eigenvalue weighted by atomic mass is 10.1. The van der Waals surface area contributed by atoms with Crippen LogP contribution in [0, 0.1) is 0 Å². The number of hydrogen-bond donors (Lipinski definition) is 1. The largest absolute Gasteiger partial charge is 0.346 e. The second-order valence-corrected chi connectivity index (χ2v) is 6.54. The highest BCUT2D eigenvalue weighted by molar-refractivity contribution is 7.84. The number of benzene rings is 2. The van der Waals surface area contributed by atoms with Gasteiger partial charge in [0.05, 0.1) is 6.04 Å². The van der Waals surface area contributed by atoms with Crippen LogP contribution in [0.1, 0.15) is 28.9 Å². The van der Waals surface area contributed by atoms with Gasteiger partial charge in [0.1, 0.15) is 0 Å². The number of rotatable bonds is 4. The molecule has 0 aliphatic rings. The minimum atomic E-state index is -1.04. The maximum absolute atomic E-state index is 12.2. The summed E-state index contributed by atoms with van der Waals surface area (Å²) < 4.78 is 11.3. The SMILES string of the molecule is C[C@H](NC(=O)c1ccc([S@](C)=O)cc1)c1ccc(Cl)cc1. The number of carbonyl (C=O) groups is 1. The lowest BCUT2D eigenvalue weighted by Crippen LogP contribution is -2.26. The van der Waals surface area contributed by atoms with Gasteiger partial charge in [-0.25, -0.2) is 0 Å². The van der Waals surface area contributed by atoms with E-state index in [1.165, 1.54) is 0 Å². The minimum absolute atomic E-state index is 0.116. The van der Waals surface area contributed by atoms with E-state index in [9.17, 15) is 9.00 Å². The highest BCUT2D eigenvalue weighted by Gasteiger charge is 2.11. The number of hydrogen-bond acceptors (Lipinski definition) is 2. The normalized spacial score (nSPS) is 13.5. The molecule has 110 valence electrons. The van der Waals surface area contributed by atoms with Gasteiger partial charge in [-0.2, -0.15) is 0 Å². The highest BCUT2D eigenvalue weighted by atomic mass is 35.5. The van der Waals surface area contributed by atoms with E-state index in [1.807, 2.05) is 19.1 Å². The molecule has 1 amide bonds. The first-order chi connectivity index (χ1) is 9.97. The summed E-state index contributed by atoms with van der Waals surface area (Å²) in [6.07, 6.45) is 1.61. The number of nitrogens with one attached hydrogen (secondary N) is 1. The maximum atomic E-state index is 12.2. The third-order valence-electron chi connectivity index (χ3n) is 3.17. The molecule has 2 aromatic rings. The summed E-state index contributed by atoms with van der Waals surface area (Å²) in [5, 5.41) is 3.59. The molecule has 0 aliphatic carbocycles. The fourth-order valence-corrected chi connectivity index (χ4v) is 2.56. The number of carbonyl (C=O) groups excluding carboxylic acids is 1. The van der Waals surface area contributed by atoms with Gasteiger partial charge >= 0.3 is 0 Å². The first kappa shape index (κ1) is 15.7. The monoisotopic (exact) mass is 321 g/mol. The van der Waals surface area contributed by atoms with Gasteiger partial charge in [-0.05, 0) is 48.9 Å². The Bertz CT molecular complexity index is 653. The molecule has 0 heterocycles. The summed E-state index contributed by atoms with van der Waals surface area (Å²) in [4.78, 5) is 12.9. The second-order valence-electron chi connectivity index (χ2n) is 4.73. The van der Waals surface area contributed by atoms with Crippen molar-refractivity contribution in [1.82, 2.24) is 5.32 Å². The van der Waals surface area contributed by atoms with Gasteiger partial charge in [-0.1, -0.05) is 23.7 Å². The Morgan fingerprint density at radius 3 is 2.19 bits per heavy atom. The Kier molecular flexibility index (Phi) is 5.15. The minimum Gasteiger partial charge on any atom is -0.346 e. The summed E-state index contributed by atoms with van der Waals surface area (Å²) in [6, 6.07) is 14.0. The molecule has 21 heavy (non-hydrogen) atoms. The van der Waals surface area contributed by atoms with Crippen molar-refractivity contribution < 1.29 is 9.00 Å². The third-order valence-corrected chi connectivity index (χ3v) is 4.35. The number of halogens is 1. The molecule has 0 fully saturated rings. The van der Waals surface area contributed by atoms with E-state index >= 15 is 0 Å². The molecule has 0 unspecified atom stereocenters. The Morgan fingerprint density at radius 1 is 1.10 bits per heavy atom. The summed E-state index contributed by atoms with van der Waals surface area (Å²) in [7, 11) is -1.04. The molecule has 0 saturated heterocycles. The topological polar surface area (TPSA) is 46.2 Å². The standard InChI is InChI=1S/C16H16ClNO2S/c1-11(12-3-7-14(17)8-4-12)18-16(19)13-5-9-15(10-6-13)21(2)20/h3-11H,1-2H3,(H,18,19)/t11-,21-/m0/s1. The van der Waals surface area contributed by atoms with Crippen molar-refractivity contribution in [2.24, 2.45) is 0 Å². The van der Waals surface area contributed by atoms with E-state index in [1.54, 1.807) is 42.7 Å². The molecule has 0 aliphatic heterocycles. The van der Waals surface area contributed by atoms with Gasteiger partial charge in [0.15, 0.2) is 0 Å². The summed E-state index contributed by atoms with van der Waals surface area (Å²) in [5.41, 5.74) is 1.53. The Hall–Kier alpha value is -1.65. The molecule has 0 radical (unpaired) electrons. The van der Waals surface area contributed by atoms with Crippen LogP contribution in [-0.2, 0) is 10.8 Å². The summed E-state index contributed by atoms with van der Waals surface area (Å²) in [5.74, 6) is -0.161. The van der Waals surface area contributed by atoms with Crippen molar-refractivity contribution in [1.29, 1.82) is 0 Å². The predicted octanol–water partition coefficient (Wildman–Crippen LogP) is 3.57. The summed E-state index contributed by atoms with van der Waals surface area (Å²) in [6.45, 7) is 1.91. The molecule has 2 rings (SSSR count). The number of amides is 1. The molecule has 1 N–H and O–H groups in total. The molecule has 0 spiro atoms. The van der Waals surface area contributed by atoms with E-state index in [2.05, 4.69) is 5.32 Å². The lowest BCUT2D eigenvalue weighted by molar-refractivity contribution is 0.0940. The molecule has 0 bridgehead atoms. The van der Waals surface area contributed by atoms with Crippen molar-refractivity contribution in [3.05, 3.63) is 64.7 Å². The smallest absolute Gasteiger partial charge is 0.251 e. The molecular weight excluding hydrogens is 306 g/mol. The molecule has 3 nitrogen and oxygen atoms in total. The second kappa shape index (κ2) is 6.87. The third kappa shape index (κ3) is 4.16. The van der Waals surface area contributed by atoms with Gasteiger partial charge in [-0.3, -0.25) is 9.00 Å². The van der Waals surface area contributed by atoms with Gasteiger partial charge in [0.2, 0.25) is 0 Å². The van der Waals surface area contributed by atoms with Gasteiger partial charge in [0.25, 0.3) is 5.91 Å². The molecule has 0 saturated carbocycles. The van der Waals surface area contributed by atoms with Crippen LogP contribution in [0.15, 0.2) is 53.4 Å². The van der Waals surface area contributed by atoms with E-state index < -0.39 is 10.8 Å². The Labute approximate surface area is 131 Å². The first-order valence-corrected chi connectivity index (χ1v) is 8.41. The van der Waals surface area contributed by atoms with E-state index in [0.29, 0.717) is 15.5 Å². The summed E-state index contributed by atoms with van der Waals surface area (Å²) >= 11 is 5.85. The molecule has 5 heteroatoms.